The number of hydrogen-bond donors (Lipinski definition) is 1. The van der Waals surface area contributed by atoms with Crippen LogP contribution in [0.5, 0.6) is 5.75 Å². The minimum atomic E-state index is -2.90. The molecule has 2 aromatic carbocycles. The summed E-state index contributed by atoms with van der Waals surface area (Å²) in [7, 11) is 0. The van der Waals surface area contributed by atoms with Crippen molar-refractivity contribution < 1.29 is 27.8 Å². The van der Waals surface area contributed by atoms with Gasteiger partial charge in [0, 0.05) is 6.54 Å². The Labute approximate surface area is 149 Å². The van der Waals surface area contributed by atoms with Gasteiger partial charge in [0.1, 0.15) is 5.75 Å². The number of alkyl halides is 2. The van der Waals surface area contributed by atoms with E-state index in [1.807, 2.05) is 30.3 Å². The Bertz CT molecular complexity index is 720. The van der Waals surface area contributed by atoms with Gasteiger partial charge >= 0.3 is 12.6 Å². The molecular weight excluding hydrogens is 344 g/mol. The van der Waals surface area contributed by atoms with Crippen molar-refractivity contribution in [3.63, 3.8) is 0 Å². The normalized spacial score (nSPS) is 11.7. The predicted octanol–water partition coefficient (Wildman–Crippen LogP) is 3.08. The van der Waals surface area contributed by atoms with Crippen molar-refractivity contribution >= 4 is 11.9 Å². The van der Waals surface area contributed by atoms with E-state index in [1.54, 1.807) is 0 Å². The van der Waals surface area contributed by atoms with Crippen LogP contribution in [0.25, 0.3) is 0 Å². The lowest BCUT2D eigenvalue weighted by molar-refractivity contribution is -0.154. The molecule has 1 N–H and O–H groups in total. The van der Waals surface area contributed by atoms with Crippen molar-refractivity contribution in [2.75, 3.05) is 0 Å². The molecule has 0 heterocycles. The highest BCUT2D eigenvalue weighted by atomic mass is 19.3. The number of rotatable bonds is 8. The highest BCUT2D eigenvalue weighted by Crippen LogP contribution is 2.15. The summed E-state index contributed by atoms with van der Waals surface area (Å²) in [6, 6.07) is 15.0. The first kappa shape index (κ1) is 19.4. The molecule has 0 radical (unpaired) electrons. The zero-order valence-electron chi connectivity index (χ0n) is 14.2. The molecule has 0 spiro atoms. The van der Waals surface area contributed by atoms with Crippen LogP contribution in [-0.4, -0.2) is 24.6 Å². The molecule has 1 amide bonds. The summed E-state index contributed by atoms with van der Waals surface area (Å²) in [4.78, 5) is 23.9. The maximum absolute atomic E-state index is 12.1. The van der Waals surface area contributed by atoms with Crippen LogP contribution in [0.3, 0.4) is 0 Å². The molecule has 0 aromatic heterocycles. The van der Waals surface area contributed by atoms with Crippen molar-refractivity contribution in [3.8, 4) is 5.75 Å². The minimum Gasteiger partial charge on any atom is -0.452 e. The number of halogens is 2. The molecule has 138 valence electrons. The molecule has 0 bridgehead atoms. The van der Waals surface area contributed by atoms with E-state index < -0.39 is 24.6 Å². The standard InChI is InChI=1S/C19H19F2NO4/c1-13(18(24)22-12-15-5-3-2-4-6-15)25-17(23)11-14-7-9-16(10-8-14)26-19(20)21/h2-10,13,19H,11-12H2,1H3,(H,22,24). The third kappa shape index (κ3) is 6.51. The molecule has 7 heteroatoms. The Morgan fingerprint density at radius 1 is 1.00 bits per heavy atom. The molecule has 0 saturated heterocycles. The van der Waals surface area contributed by atoms with Crippen LogP contribution in [0.1, 0.15) is 18.1 Å². The predicted molar refractivity (Wildman–Crippen MR) is 90.6 cm³/mol. The van der Waals surface area contributed by atoms with E-state index in [0.717, 1.165) is 5.56 Å². The molecule has 5 nitrogen and oxygen atoms in total. The second-order valence-corrected chi connectivity index (χ2v) is 5.53. The molecule has 26 heavy (non-hydrogen) atoms. The van der Waals surface area contributed by atoms with Gasteiger partial charge in [0.05, 0.1) is 6.42 Å². The Morgan fingerprint density at radius 2 is 1.65 bits per heavy atom. The van der Waals surface area contributed by atoms with E-state index in [-0.39, 0.29) is 12.2 Å². The highest BCUT2D eigenvalue weighted by molar-refractivity contribution is 5.83. The Kier molecular flexibility index (Phi) is 7.08. The van der Waals surface area contributed by atoms with Gasteiger partial charge in [0.25, 0.3) is 5.91 Å². The summed E-state index contributed by atoms with van der Waals surface area (Å²) >= 11 is 0. The number of amides is 1. The second-order valence-electron chi connectivity index (χ2n) is 5.53. The van der Waals surface area contributed by atoms with Crippen molar-refractivity contribution in [1.29, 1.82) is 0 Å². The summed E-state index contributed by atoms with van der Waals surface area (Å²) in [5.74, 6) is -0.983. The minimum absolute atomic E-state index is 0.00535. The number of esters is 1. The zero-order valence-corrected chi connectivity index (χ0v) is 14.2. The van der Waals surface area contributed by atoms with Crippen LogP contribution in [-0.2, 0) is 27.3 Å². The molecule has 1 unspecified atom stereocenters. The first-order chi connectivity index (χ1) is 12.4. The van der Waals surface area contributed by atoms with Gasteiger partial charge in [-0.25, -0.2) is 0 Å². The highest BCUT2D eigenvalue weighted by Gasteiger charge is 2.17. The Morgan fingerprint density at radius 3 is 2.27 bits per heavy atom. The average molecular weight is 363 g/mol. The van der Waals surface area contributed by atoms with Gasteiger partial charge in [-0.2, -0.15) is 8.78 Å². The molecular formula is C19H19F2NO4. The monoisotopic (exact) mass is 363 g/mol. The van der Waals surface area contributed by atoms with Crippen molar-refractivity contribution in [3.05, 3.63) is 65.7 Å². The number of hydrogen-bond acceptors (Lipinski definition) is 4. The fraction of sp³-hybridized carbons (Fsp3) is 0.263. The van der Waals surface area contributed by atoms with Crippen LogP contribution in [0, 0.1) is 0 Å². The Balaban J connectivity index is 1.78. The molecule has 0 saturated carbocycles. The van der Waals surface area contributed by atoms with E-state index in [9.17, 15) is 18.4 Å². The molecule has 0 fully saturated rings. The lowest BCUT2D eigenvalue weighted by atomic mass is 10.1. The summed E-state index contributed by atoms with van der Waals surface area (Å²) in [5.41, 5.74) is 1.50. The quantitative estimate of drug-likeness (QED) is 0.732. The van der Waals surface area contributed by atoms with Crippen molar-refractivity contribution in [2.24, 2.45) is 0 Å². The lowest BCUT2D eigenvalue weighted by Crippen LogP contribution is -2.35. The van der Waals surface area contributed by atoms with Crippen LogP contribution >= 0.6 is 0 Å². The summed E-state index contributed by atoms with van der Waals surface area (Å²) < 4.78 is 33.5. The van der Waals surface area contributed by atoms with Gasteiger partial charge in [0.15, 0.2) is 6.10 Å². The molecule has 0 aliphatic heterocycles. The van der Waals surface area contributed by atoms with Crippen molar-refractivity contribution in [2.45, 2.75) is 32.6 Å². The van der Waals surface area contributed by atoms with E-state index in [0.29, 0.717) is 12.1 Å². The van der Waals surface area contributed by atoms with E-state index in [1.165, 1.54) is 31.2 Å². The first-order valence-corrected chi connectivity index (χ1v) is 7.99. The molecule has 0 aliphatic carbocycles. The van der Waals surface area contributed by atoms with Gasteiger partial charge in [-0.1, -0.05) is 42.5 Å². The van der Waals surface area contributed by atoms with E-state index in [4.69, 9.17) is 4.74 Å². The maximum atomic E-state index is 12.1. The van der Waals surface area contributed by atoms with Gasteiger partial charge in [-0.3, -0.25) is 9.59 Å². The van der Waals surface area contributed by atoms with Gasteiger partial charge in [-0.05, 0) is 30.2 Å². The third-order valence-corrected chi connectivity index (χ3v) is 3.48. The average Bonchev–Trinajstić information content (AvgIpc) is 2.61. The summed E-state index contributed by atoms with van der Waals surface area (Å²) in [6.07, 6.45) is -1.02. The van der Waals surface area contributed by atoms with Crippen molar-refractivity contribution in [1.82, 2.24) is 5.32 Å². The number of carbonyl (C=O) groups excluding carboxylic acids is 2. The lowest BCUT2D eigenvalue weighted by Gasteiger charge is -2.14. The van der Waals surface area contributed by atoms with E-state index >= 15 is 0 Å². The van der Waals surface area contributed by atoms with Crippen LogP contribution in [0.4, 0.5) is 8.78 Å². The number of benzene rings is 2. The summed E-state index contributed by atoms with van der Waals surface area (Å²) in [6.45, 7) is -1.08. The largest absolute Gasteiger partial charge is 0.452 e. The summed E-state index contributed by atoms with van der Waals surface area (Å²) in [5, 5.41) is 2.69. The molecule has 1 atom stereocenters. The SMILES string of the molecule is CC(OC(=O)Cc1ccc(OC(F)F)cc1)C(=O)NCc1ccccc1. The Hall–Kier alpha value is -2.96. The topological polar surface area (TPSA) is 64.6 Å². The van der Waals surface area contributed by atoms with Crippen LogP contribution < -0.4 is 10.1 Å². The number of ether oxygens (including phenoxy) is 2. The van der Waals surface area contributed by atoms with Gasteiger partial charge in [-0.15, -0.1) is 0 Å². The fourth-order valence-corrected chi connectivity index (χ4v) is 2.18. The van der Waals surface area contributed by atoms with Gasteiger partial charge < -0.3 is 14.8 Å². The zero-order chi connectivity index (χ0) is 18.9. The maximum Gasteiger partial charge on any atom is 0.387 e. The number of carbonyl (C=O) groups is 2. The molecule has 0 aliphatic rings. The van der Waals surface area contributed by atoms with Gasteiger partial charge in [0.2, 0.25) is 0 Å². The first-order valence-electron chi connectivity index (χ1n) is 7.99. The second kappa shape index (κ2) is 9.50. The number of nitrogens with one attached hydrogen (secondary N) is 1. The fourth-order valence-electron chi connectivity index (χ4n) is 2.18. The smallest absolute Gasteiger partial charge is 0.387 e. The third-order valence-electron chi connectivity index (χ3n) is 3.48. The molecule has 2 rings (SSSR count). The van der Waals surface area contributed by atoms with Crippen LogP contribution in [0.2, 0.25) is 0 Å². The van der Waals surface area contributed by atoms with E-state index in [2.05, 4.69) is 10.1 Å². The van der Waals surface area contributed by atoms with Crippen LogP contribution in [0.15, 0.2) is 54.6 Å². The molecule has 2 aromatic rings.